The van der Waals surface area contributed by atoms with E-state index in [0.717, 1.165) is 5.56 Å². The number of benzene rings is 2. The first-order valence-electron chi connectivity index (χ1n) is 5.16. The Hall–Kier alpha value is -2.47. The number of nitrogens with zero attached hydrogens (tertiary/aromatic N) is 1. The van der Waals surface area contributed by atoms with Crippen LogP contribution in [0.3, 0.4) is 0 Å². The Morgan fingerprint density at radius 1 is 1.12 bits per heavy atom. The maximum absolute atomic E-state index is 9.15. The molecular weight excluding hydrogens is 214 g/mol. The van der Waals surface area contributed by atoms with Crippen LogP contribution in [0.25, 0.3) is 0 Å². The quantitative estimate of drug-likeness (QED) is 0.852. The highest BCUT2D eigenvalue weighted by Gasteiger charge is 2.02. The SMILES string of the molecule is Cc1cc(C#N)ccc1Oc1ccc(O)cc1. The molecule has 0 spiro atoms. The minimum Gasteiger partial charge on any atom is -0.508 e. The summed E-state index contributed by atoms with van der Waals surface area (Å²) in [5.74, 6) is 1.55. The number of hydrogen-bond acceptors (Lipinski definition) is 3. The van der Waals surface area contributed by atoms with Crippen LogP contribution in [0.2, 0.25) is 0 Å². The molecule has 0 saturated carbocycles. The Labute approximate surface area is 99.5 Å². The Bertz CT molecular complexity index is 568. The van der Waals surface area contributed by atoms with Crippen LogP contribution in [0.5, 0.6) is 17.2 Å². The van der Waals surface area contributed by atoms with E-state index in [1.165, 1.54) is 0 Å². The molecule has 3 heteroatoms. The molecule has 0 bridgehead atoms. The summed E-state index contributed by atoms with van der Waals surface area (Å²) in [7, 11) is 0. The molecule has 84 valence electrons. The summed E-state index contributed by atoms with van der Waals surface area (Å²) < 4.78 is 5.64. The van der Waals surface area contributed by atoms with Gasteiger partial charge in [-0.15, -0.1) is 0 Å². The minimum absolute atomic E-state index is 0.203. The molecule has 0 fully saturated rings. The Morgan fingerprint density at radius 3 is 2.41 bits per heavy atom. The molecule has 0 aromatic heterocycles. The van der Waals surface area contributed by atoms with Gasteiger partial charge in [0.2, 0.25) is 0 Å². The second-order valence-corrected chi connectivity index (χ2v) is 3.69. The first kappa shape index (κ1) is 11.0. The van der Waals surface area contributed by atoms with Crippen molar-refractivity contribution in [2.75, 3.05) is 0 Å². The van der Waals surface area contributed by atoms with E-state index in [4.69, 9.17) is 15.1 Å². The maximum atomic E-state index is 9.15. The molecule has 1 N–H and O–H groups in total. The molecule has 0 aliphatic heterocycles. The van der Waals surface area contributed by atoms with Crippen LogP contribution in [0.1, 0.15) is 11.1 Å². The van der Waals surface area contributed by atoms with Crippen molar-refractivity contribution in [1.29, 1.82) is 5.26 Å². The van der Waals surface area contributed by atoms with E-state index in [-0.39, 0.29) is 5.75 Å². The Morgan fingerprint density at radius 2 is 1.82 bits per heavy atom. The molecule has 17 heavy (non-hydrogen) atoms. The first-order valence-corrected chi connectivity index (χ1v) is 5.16. The van der Waals surface area contributed by atoms with E-state index in [9.17, 15) is 0 Å². The van der Waals surface area contributed by atoms with Crippen molar-refractivity contribution >= 4 is 0 Å². The van der Waals surface area contributed by atoms with Gasteiger partial charge in [-0.25, -0.2) is 0 Å². The van der Waals surface area contributed by atoms with Gasteiger partial charge < -0.3 is 9.84 Å². The van der Waals surface area contributed by atoms with Gasteiger partial charge in [-0.2, -0.15) is 5.26 Å². The molecule has 0 atom stereocenters. The van der Waals surface area contributed by atoms with Crippen LogP contribution in [-0.4, -0.2) is 5.11 Å². The Balaban J connectivity index is 2.25. The highest BCUT2D eigenvalue weighted by molar-refractivity contribution is 5.43. The average Bonchev–Trinajstić information content (AvgIpc) is 2.34. The average molecular weight is 225 g/mol. The number of rotatable bonds is 2. The number of phenolic OH excluding ortho intramolecular Hbond substituents is 1. The largest absolute Gasteiger partial charge is 0.508 e. The van der Waals surface area contributed by atoms with Gasteiger partial charge in [0, 0.05) is 0 Å². The van der Waals surface area contributed by atoms with E-state index in [2.05, 4.69) is 6.07 Å². The van der Waals surface area contributed by atoms with Crippen molar-refractivity contribution < 1.29 is 9.84 Å². The molecule has 2 aromatic rings. The number of aromatic hydroxyl groups is 1. The third-order valence-corrected chi connectivity index (χ3v) is 2.37. The van der Waals surface area contributed by atoms with Crippen LogP contribution < -0.4 is 4.74 Å². The zero-order chi connectivity index (χ0) is 12.3. The number of ether oxygens (including phenoxy) is 1. The lowest BCUT2D eigenvalue weighted by atomic mass is 10.1. The predicted octanol–water partition coefficient (Wildman–Crippen LogP) is 3.36. The number of aryl methyl sites for hydroxylation is 1. The zero-order valence-corrected chi connectivity index (χ0v) is 9.34. The molecule has 3 nitrogen and oxygen atoms in total. The normalized spacial score (nSPS) is 9.65. The first-order chi connectivity index (χ1) is 8.19. The molecule has 0 unspecified atom stereocenters. The molecule has 0 saturated heterocycles. The summed E-state index contributed by atoms with van der Waals surface area (Å²) in [6, 6.07) is 13.8. The van der Waals surface area contributed by atoms with Crippen molar-refractivity contribution in [3.05, 3.63) is 53.6 Å². The van der Waals surface area contributed by atoms with Crippen molar-refractivity contribution in [2.45, 2.75) is 6.92 Å². The van der Waals surface area contributed by atoms with Crippen molar-refractivity contribution in [2.24, 2.45) is 0 Å². The standard InChI is InChI=1S/C14H11NO2/c1-10-8-11(9-15)2-7-14(10)17-13-5-3-12(16)4-6-13/h2-8,16H,1H3. The molecule has 2 rings (SSSR count). The van der Waals surface area contributed by atoms with Crippen LogP contribution in [0, 0.1) is 18.3 Å². The summed E-state index contributed by atoms with van der Waals surface area (Å²) in [6.45, 7) is 1.89. The lowest BCUT2D eigenvalue weighted by molar-refractivity contribution is 0.463. The molecular formula is C14H11NO2. The van der Waals surface area contributed by atoms with Crippen LogP contribution in [0.4, 0.5) is 0 Å². The van der Waals surface area contributed by atoms with Gasteiger partial charge in [-0.3, -0.25) is 0 Å². The van der Waals surface area contributed by atoms with Crippen molar-refractivity contribution in [3.8, 4) is 23.3 Å². The van der Waals surface area contributed by atoms with Gasteiger partial charge in [-0.05, 0) is 55.0 Å². The monoisotopic (exact) mass is 225 g/mol. The van der Waals surface area contributed by atoms with E-state index >= 15 is 0 Å². The summed E-state index contributed by atoms with van der Waals surface area (Å²) >= 11 is 0. The Kier molecular flexibility index (Phi) is 2.97. The number of hydrogen-bond donors (Lipinski definition) is 1. The lowest BCUT2D eigenvalue weighted by Crippen LogP contribution is -1.88. The highest BCUT2D eigenvalue weighted by atomic mass is 16.5. The zero-order valence-electron chi connectivity index (χ0n) is 9.34. The second kappa shape index (κ2) is 4.58. The van der Waals surface area contributed by atoms with E-state index in [0.29, 0.717) is 17.1 Å². The van der Waals surface area contributed by atoms with Crippen LogP contribution in [-0.2, 0) is 0 Å². The van der Waals surface area contributed by atoms with Crippen LogP contribution in [0.15, 0.2) is 42.5 Å². The van der Waals surface area contributed by atoms with Gasteiger partial charge in [-0.1, -0.05) is 0 Å². The van der Waals surface area contributed by atoms with Crippen molar-refractivity contribution in [3.63, 3.8) is 0 Å². The van der Waals surface area contributed by atoms with E-state index in [1.54, 1.807) is 42.5 Å². The van der Waals surface area contributed by atoms with Gasteiger partial charge in [0.05, 0.1) is 11.6 Å². The van der Waals surface area contributed by atoms with E-state index in [1.807, 2.05) is 6.92 Å². The molecule has 0 radical (unpaired) electrons. The number of nitriles is 1. The second-order valence-electron chi connectivity index (χ2n) is 3.69. The van der Waals surface area contributed by atoms with Gasteiger partial charge >= 0.3 is 0 Å². The molecule has 0 amide bonds. The molecule has 2 aromatic carbocycles. The molecule has 0 aliphatic carbocycles. The van der Waals surface area contributed by atoms with Crippen molar-refractivity contribution in [1.82, 2.24) is 0 Å². The predicted molar refractivity (Wildman–Crippen MR) is 64.1 cm³/mol. The molecule has 0 aliphatic rings. The minimum atomic E-state index is 0.203. The van der Waals surface area contributed by atoms with E-state index < -0.39 is 0 Å². The maximum Gasteiger partial charge on any atom is 0.130 e. The third-order valence-electron chi connectivity index (χ3n) is 2.37. The summed E-state index contributed by atoms with van der Waals surface area (Å²) in [5, 5.41) is 17.9. The number of phenols is 1. The molecule has 0 heterocycles. The van der Waals surface area contributed by atoms with Gasteiger partial charge in [0.15, 0.2) is 0 Å². The summed E-state index contributed by atoms with van der Waals surface area (Å²) in [4.78, 5) is 0. The van der Waals surface area contributed by atoms with Crippen LogP contribution >= 0.6 is 0 Å². The fraction of sp³-hybridized carbons (Fsp3) is 0.0714. The fourth-order valence-corrected chi connectivity index (χ4v) is 1.47. The summed E-state index contributed by atoms with van der Waals surface area (Å²) in [5.41, 5.74) is 1.51. The van der Waals surface area contributed by atoms with Gasteiger partial charge in [0.1, 0.15) is 17.2 Å². The summed E-state index contributed by atoms with van der Waals surface area (Å²) in [6.07, 6.45) is 0. The topological polar surface area (TPSA) is 53.2 Å². The smallest absolute Gasteiger partial charge is 0.130 e. The lowest BCUT2D eigenvalue weighted by Gasteiger charge is -2.08. The van der Waals surface area contributed by atoms with Gasteiger partial charge in [0.25, 0.3) is 0 Å². The third kappa shape index (κ3) is 2.56. The highest BCUT2D eigenvalue weighted by Crippen LogP contribution is 2.26. The fourth-order valence-electron chi connectivity index (χ4n) is 1.47.